The van der Waals surface area contributed by atoms with E-state index in [9.17, 15) is 0 Å². The molecule has 2 heteroatoms. The number of hydrogen-bond donors (Lipinski definition) is 0. The van der Waals surface area contributed by atoms with Crippen molar-refractivity contribution in [1.82, 2.24) is 4.57 Å². The summed E-state index contributed by atoms with van der Waals surface area (Å²) in [4.78, 5) is 0. The molecular formula is C7H9N2+. The van der Waals surface area contributed by atoms with Crippen molar-refractivity contribution in [2.75, 3.05) is 0 Å². The Balaban J connectivity index is 2.76. The van der Waals surface area contributed by atoms with E-state index in [1.165, 1.54) is 0 Å². The quantitative estimate of drug-likeness (QED) is 0.364. The molecule has 0 saturated heterocycles. The van der Waals surface area contributed by atoms with Crippen molar-refractivity contribution in [2.24, 2.45) is 7.05 Å². The summed E-state index contributed by atoms with van der Waals surface area (Å²) < 4.78 is 3.90. The molecule has 1 aromatic rings. The van der Waals surface area contributed by atoms with Crippen molar-refractivity contribution in [1.29, 1.82) is 0 Å². The van der Waals surface area contributed by atoms with Crippen LogP contribution in [0.15, 0.2) is 18.7 Å². The Morgan fingerprint density at radius 1 is 1.78 bits per heavy atom. The molecule has 1 heterocycles. The van der Waals surface area contributed by atoms with Gasteiger partial charge in [-0.25, -0.2) is 9.13 Å². The molecular weight excluding hydrogens is 112 g/mol. The van der Waals surface area contributed by atoms with Gasteiger partial charge in [-0.3, -0.25) is 0 Å². The number of nitrogens with zero attached hydrogens (tertiary/aromatic N) is 2. The highest BCUT2D eigenvalue weighted by Crippen LogP contribution is 1.79. The highest BCUT2D eigenvalue weighted by molar-refractivity contribution is 4.85. The van der Waals surface area contributed by atoms with E-state index in [0.717, 1.165) is 0 Å². The molecule has 0 atom stereocenters. The third-order valence-electron chi connectivity index (χ3n) is 1.10. The molecule has 1 aromatic heterocycles. The lowest BCUT2D eigenvalue weighted by Gasteiger charge is -1.81. The standard InChI is InChI=1S/C7H9N2/c1-3-4-9-6-5-8(2)7-9/h1,5-7H,4H2,2H3/q+1. The van der Waals surface area contributed by atoms with Crippen LogP contribution in [0.1, 0.15) is 0 Å². The van der Waals surface area contributed by atoms with Crippen LogP contribution in [-0.4, -0.2) is 4.57 Å². The van der Waals surface area contributed by atoms with Gasteiger partial charge < -0.3 is 0 Å². The normalized spacial score (nSPS) is 8.89. The van der Waals surface area contributed by atoms with E-state index >= 15 is 0 Å². The second kappa shape index (κ2) is 2.36. The summed E-state index contributed by atoms with van der Waals surface area (Å²) >= 11 is 0. The molecule has 2 nitrogen and oxygen atoms in total. The van der Waals surface area contributed by atoms with Crippen LogP contribution >= 0.6 is 0 Å². The minimum atomic E-state index is 0.654. The lowest BCUT2D eigenvalue weighted by atomic mass is 10.6. The first-order valence-corrected chi connectivity index (χ1v) is 2.77. The molecule has 0 N–H and O–H groups in total. The van der Waals surface area contributed by atoms with Gasteiger partial charge in [-0.05, 0) is 0 Å². The molecule has 0 aliphatic rings. The zero-order chi connectivity index (χ0) is 6.69. The predicted molar refractivity (Wildman–Crippen MR) is 34.4 cm³/mol. The maximum Gasteiger partial charge on any atom is 0.244 e. The summed E-state index contributed by atoms with van der Waals surface area (Å²) in [6.07, 6.45) is 10.9. The minimum Gasteiger partial charge on any atom is -0.240 e. The topological polar surface area (TPSA) is 8.81 Å². The average molecular weight is 121 g/mol. The molecule has 0 aromatic carbocycles. The van der Waals surface area contributed by atoms with Crippen LogP contribution < -0.4 is 4.57 Å². The van der Waals surface area contributed by atoms with Crippen molar-refractivity contribution in [3.8, 4) is 12.3 Å². The monoisotopic (exact) mass is 121 g/mol. The Labute approximate surface area is 54.7 Å². The molecule has 0 unspecified atom stereocenters. The van der Waals surface area contributed by atoms with Crippen molar-refractivity contribution >= 4 is 0 Å². The Morgan fingerprint density at radius 3 is 3.00 bits per heavy atom. The molecule has 0 amide bonds. The lowest BCUT2D eigenvalue weighted by molar-refractivity contribution is -0.671. The van der Waals surface area contributed by atoms with Crippen molar-refractivity contribution < 1.29 is 4.57 Å². The zero-order valence-electron chi connectivity index (χ0n) is 5.41. The van der Waals surface area contributed by atoms with Crippen LogP contribution in [0.5, 0.6) is 0 Å². The van der Waals surface area contributed by atoms with Crippen LogP contribution in [0.4, 0.5) is 0 Å². The Kier molecular flexibility index (Phi) is 1.55. The second-order valence-electron chi connectivity index (χ2n) is 1.96. The summed E-state index contributed by atoms with van der Waals surface area (Å²) in [6.45, 7) is 0.654. The van der Waals surface area contributed by atoms with Gasteiger partial charge in [0.05, 0.1) is 7.05 Å². The van der Waals surface area contributed by atoms with E-state index in [4.69, 9.17) is 6.42 Å². The fourth-order valence-corrected chi connectivity index (χ4v) is 0.701. The number of aromatic nitrogens is 2. The van der Waals surface area contributed by atoms with E-state index < -0.39 is 0 Å². The van der Waals surface area contributed by atoms with Gasteiger partial charge >= 0.3 is 0 Å². The smallest absolute Gasteiger partial charge is 0.240 e. The fraction of sp³-hybridized carbons (Fsp3) is 0.286. The van der Waals surface area contributed by atoms with Crippen LogP contribution in [0.3, 0.4) is 0 Å². The van der Waals surface area contributed by atoms with Gasteiger partial charge in [0.25, 0.3) is 0 Å². The van der Waals surface area contributed by atoms with Crippen LogP contribution in [-0.2, 0) is 13.6 Å². The second-order valence-corrected chi connectivity index (χ2v) is 1.96. The largest absolute Gasteiger partial charge is 0.244 e. The SMILES string of the molecule is C#CCn1cc[n+](C)c1. The van der Waals surface area contributed by atoms with Crippen LogP contribution in [0.25, 0.3) is 0 Å². The Morgan fingerprint density at radius 2 is 2.56 bits per heavy atom. The number of aryl methyl sites for hydroxylation is 1. The number of terminal acetylenes is 1. The highest BCUT2D eigenvalue weighted by atomic mass is 15.1. The van der Waals surface area contributed by atoms with E-state index in [1.807, 2.05) is 34.9 Å². The molecule has 9 heavy (non-hydrogen) atoms. The van der Waals surface area contributed by atoms with E-state index in [-0.39, 0.29) is 0 Å². The van der Waals surface area contributed by atoms with Crippen molar-refractivity contribution in [3.63, 3.8) is 0 Å². The summed E-state index contributed by atoms with van der Waals surface area (Å²) in [6, 6.07) is 0. The minimum absolute atomic E-state index is 0.654. The average Bonchev–Trinajstić information content (AvgIpc) is 2.17. The number of rotatable bonds is 1. The van der Waals surface area contributed by atoms with Gasteiger partial charge in [-0.1, -0.05) is 5.92 Å². The molecule has 0 fully saturated rings. The van der Waals surface area contributed by atoms with Gasteiger partial charge in [0.15, 0.2) is 6.54 Å². The van der Waals surface area contributed by atoms with Crippen LogP contribution in [0, 0.1) is 12.3 Å². The number of hydrogen-bond acceptors (Lipinski definition) is 0. The molecule has 46 valence electrons. The Hall–Kier alpha value is -1.23. The molecule has 0 radical (unpaired) electrons. The molecule has 1 rings (SSSR count). The first-order valence-electron chi connectivity index (χ1n) is 2.77. The van der Waals surface area contributed by atoms with Gasteiger partial charge in [0.2, 0.25) is 6.33 Å². The molecule has 0 saturated carbocycles. The first kappa shape index (κ1) is 5.90. The lowest BCUT2D eigenvalue weighted by Crippen LogP contribution is -2.23. The van der Waals surface area contributed by atoms with Crippen LogP contribution in [0.2, 0.25) is 0 Å². The number of imidazole rings is 1. The summed E-state index contributed by atoms with van der Waals surface area (Å²) in [5, 5.41) is 0. The van der Waals surface area contributed by atoms with Crippen molar-refractivity contribution in [3.05, 3.63) is 18.7 Å². The Bertz CT molecular complexity index is 229. The van der Waals surface area contributed by atoms with Gasteiger partial charge in [-0.2, -0.15) is 0 Å². The third-order valence-corrected chi connectivity index (χ3v) is 1.10. The molecule has 0 bridgehead atoms. The molecule has 0 aliphatic heterocycles. The third kappa shape index (κ3) is 1.33. The van der Waals surface area contributed by atoms with E-state index in [0.29, 0.717) is 6.54 Å². The van der Waals surface area contributed by atoms with E-state index in [2.05, 4.69) is 5.92 Å². The van der Waals surface area contributed by atoms with Gasteiger partial charge in [-0.15, -0.1) is 6.42 Å². The summed E-state index contributed by atoms with van der Waals surface area (Å²) in [5.74, 6) is 2.55. The zero-order valence-corrected chi connectivity index (χ0v) is 5.41. The van der Waals surface area contributed by atoms with Crippen molar-refractivity contribution in [2.45, 2.75) is 6.54 Å². The predicted octanol–water partition coefficient (Wildman–Crippen LogP) is -0.0542. The molecule has 0 spiro atoms. The fourth-order valence-electron chi connectivity index (χ4n) is 0.701. The maximum absolute atomic E-state index is 5.09. The van der Waals surface area contributed by atoms with Gasteiger partial charge in [0.1, 0.15) is 12.4 Å². The maximum atomic E-state index is 5.09. The molecule has 0 aliphatic carbocycles. The summed E-state index contributed by atoms with van der Waals surface area (Å²) in [7, 11) is 1.97. The van der Waals surface area contributed by atoms with Gasteiger partial charge in [0, 0.05) is 0 Å². The van der Waals surface area contributed by atoms with E-state index in [1.54, 1.807) is 0 Å². The first-order chi connectivity index (χ1) is 4.33. The highest BCUT2D eigenvalue weighted by Gasteiger charge is 1.93. The summed E-state index contributed by atoms with van der Waals surface area (Å²) in [5.41, 5.74) is 0.